The zero-order chi connectivity index (χ0) is 11.6. The number of rotatable bonds is 2. The summed E-state index contributed by atoms with van der Waals surface area (Å²) in [7, 11) is 0. The third kappa shape index (κ3) is 2.53. The lowest BCUT2D eigenvalue weighted by molar-refractivity contribution is 0.107. The Labute approximate surface area is 93.8 Å². The minimum Gasteiger partial charge on any atom is -0.411 e. The van der Waals surface area contributed by atoms with Gasteiger partial charge in [0.2, 0.25) is 0 Å². The summed E-state index contributed by atoms with van der Waals surface area (Å²) in [6.45, 7) is 11.5. The van der Waals surface area contributed by atoms with Crippen molar-refractivity contribution in [2.24, 2.45) is 28.3 Å². The number of nitrogens with zero attached hydrogens (tertiary/aromatic N) is 1. The van der Waals surface area contributed by atoms with Gasteiger partial charge in [0.15, 0.2) is 0 Å². The van der Waals surface area contributed by atoms with Gasteiger partial charge in [-0.15, -0.1) is 0 Å². The van der Waals surface area contributed by atoms with E-state index in [0.29, 0.717) is 17.3 Å². The summed E-state index contributed by atoms with van der Waals surface area (Å²) in [5.74, 6) is 1.92. The van der Waals surface area contributed by atoms with Crippen LogP contribution >= 0.6 is 0 Å². The molecule has 1 saturated carbocycles. The summed E-state index contributed by atoms with van der Waals surface area (Å²) in [6.07, 6.45) is 3.32. The molecule has 0 heterocycles. The Balaban J connectivity index is 2.69. The van der Waals surface area contributed by atoms with E-state index in [4.69, 9.17) is 5.21 Å². The fourth-order valence-corrected chi connectivity index (χ4v) is 2.54. The van der Waals surface area contributed by atoms with E-state index >= 15 is 0 Å². The van der Waals surface area contributed by atoms with E-state index in [1.807, 2.05) is 0 Å². The largest absolute Gasteiger partial charge is 0.411 e. The van der Waals surface area contributed by atoms with Gasteiger partial charge in [-0.2, -0.15) is 0 Å². The molecule has 0 aromatic carbocycles. The lowest BCUT2D eigenvalue weighted by Crippen LogP contribution is -2.35. The summed E-state index contributed by atoms with van der Waals surface area (Å²) < 4.78 is 0. The zero-order valence-electron chi connectivity index (χ0n) is 10.7. The standard InChI is InChI=1S/C13H25NO/c1-9(2)13(4,5)11-6-7-12(14-15)10(3)8-11/h9-11,15H,6-8H2,1-5H3. The molecule has 0 bridgehead atoms. The van der Waals surface area contributed by atoms with E-state index in [-0.39, 0.29) is 0 Å². The number of hydrogen-bond donors (Lipinski definition) is 1. The maximum Gasteiger partial charge on any atom is 0.0599 e. The molecule has 1 fully saturated rings. The van der Waals surface area contributed by atoms with E-state index in [1.165, 1.54) is 12.8 Å². The van der Waals surface area contributed by atoms with Crippen LogP contribution in [0.15, 0.2) is 5.16 Å². The van der Waals surface area contributed by atoms with Gasteiger partial charge in [0.25, 0.3) is 0 Å². The van der Waals surface area contributed by atoms with E-state index in [9.17, 15) is 0 Å². The normalized spacial score (nSPS) is 31.2. The highest BCUT2D eigenvalue weighted by molar-refractivity contribution is 5.86. The summed E-state index contributed by atoms with van der Waals surface area (Å²) in [5.41, 5.74) is 1.39. The van der Waals surface area contributed by atoms with Gasteiger partial charge < -0.3 is 5.21 Å². The Morgan fingerprint density at radius 1 is 1.40 bits per heavy atom. The van der Waals surface area contributed by atoms with Crippen molar-refractivity contribution in [3.05, 3.63) is 0 Å². The van der Waals surface area contributed by atoms with Crippen molar-refractivity contribution >= 4 is 5.71 Å². The highest BCUT2D eigenvalue weighted by Gasteiger charge is 2.36. The molecule has 0 spiro atoms. The van der Waals surface area contributed by atoms with E-state index in [1.54, 1.807) is 0 Å². The lowest BCUT2D eigenvalue weighted by atomic mass is 9.63. The van der Waals surface area contributed by atoms with E-state index < -0.39 is 0 Å². The first-order valence-electron chi connectivity index (χ1n) is 6.10. The highest BCUT2D eigenvalue weighted by atomic mass is 16.4. The molecule has 0 aromatic heterocycles. The van der Waals surface area contributed by atoms with Crippen molar-refractivity contribution in [1.82, 2.24) is 0 Å². The Hall–Kier alpha value is -0.530. The van der Waals surface area contributed by atoms with E-state index in [2.05, 4.69) is 39.8 Å². The van der Waals surface area contributed by atoms with Crippen LogP contribution in [0.2, 0.25) is 0 Å². The van der Waals surface area contributed by atoms with Crippen LogP contribution in [-0.4, -0.2) is 10.9 Å². The fraction of sp³-hybridized carbons (Fsp3) is 0.923. The molecule has 0 saturated heterocycles. The van der Waals surface area contributed by atoms with E-state index in [0.717, 1.165) is 18.1 Å². The molecule has 0 aromatic rings. The highest BCUT2D eigenvalue weighted by Crippen LogP contribution is 2.43. The first-order valence-corrected chi connectivity index (χ1v) is 6.10. The van der Waals surface area contributed by atoms with Gasteiger partial charge in [-0.25, -0.2) is 0 Å². The topological polar surface area (TPSA) is 32.6 Å². The second-order valence-corrected chi connectivity index (χ2v) is 5.94. The average Bonchev–Trinajstić information content (AvgIpc) is 2.17. The molecule has 1 N–H and O–H groups in total. The molecular weight excluding hydrogens is 186 g/mol. The minimum atomic E-state index is 0.398. The zero-order valence-corrected chi connectivity index (χ0v) is 10.7. The van der Waals surface area contributed by atoms with Crippen LogP contribution in [0.4, 0.5) is 0 Å². The molecule has 2 heteroatoms. The molecule has 0 radical (unpaired) electrons. The van der Waals surface area contributed by atoms with Gasteiger partial charge >= 0.3 is 0 Å². The quantitative estimate of drug-likeness (QED) is 0.544. The first kappa shape index (κ1) is 12.5. The lowest BCUT2D eigenvalue weighted by Gasteiger charge is -2.42. The molecule has 88 valence electrons. The van der Waals surface area contributed by atoms with Gasteiger partial charge in [0.1, 0.15) is 0 Å². The van der Waals surface area contributed by atoms with Crippen molar-refractivity contribution in [2.75, 3.05) is 0 Å². The van der Waals surface area contributed by atoms with Gasteiger partial charge in [0, 0.05) is 0 Å². The molecular formula is C13H25NO. The van der Waals surface area contributed by atoms with Gasteiger partial charge in [-0.1, -0.05) is 39.8 Å². The Morgan fingerprint density at radius 3 is 2.40 bits per heavy atom. The van der Waals surface area contributed by atoms with Crippen LogP contribution in [0.25, 0.3) is 0 Å². The van der Waals surface area contributed by atoms with Crippen molar-refractivity contribution < 1.29 is 5.21 Å². The smallest absolute Gasteiger partial charge is 0.0599 e. The third-order valence-electron chi connectivity index (χ3n) is 4.62. The summed E-state index contributed by atoms with van der Waals surface area (Å²) in [6, 6.07) is 0. The molecule has 2 unspecified atom stereocenters. The molecule has 15 heavy (non-hydrogen) atoms. The summed E-state index contributed by atoms with van der Waals surface area (Å²) in [4.78, 5) is 0. The molecule has 1 rings (SSSR count). The molecule has 1 aliphatic carbocycles. The van der Waals surface area contributed by atoms with Gasteiger partial charge in [-0.3, -0.25) is 0 Å². The van der Waals surface area contributed by atoms with Crippen molar-refractivity contribution in [2.45, 2.75) is 53.9 Å². The monoisotopic (exact) mass is 211 g/mol. The second kappa shape index (κ2) is 4.54. The Bertz CT molecular complexity index is 243. The SMILES string of the molecule is CC1CC(C(C)(C)C(C)C)CCC1=NO. The van der Waals surface area contributed by atoms with Crippen LogP contribution in [0, 0.1) is 23.2 Å². The van der Waals surface area contributed by atoms with Gasteiger partial charge in [-0.05, 0) is 42.4 Å². The van der Waals surface area contributed by atoms with Crippen LogP contribution in [0.1, 0.15) is 53.9 Å². The number of hydrogen-bond acceptors (Lipinski definition) is 2. The maximum absolute atomic E-state index is 8.85. The van der Waals surface area contributed by atoms with Crippen LogP contribution in [-0.2, 0) is 0 Å². The molecule has 0 amide bonds. The second-order valence-electron chi connectivity index (χ2n) is 5.94. The summed E-state index contributed by atoms with van der Waals surface area (Å²) in [5, 5.41) is 12.3. The van der Waals surface area contributed by atoms with Crippen LogP contribution in [0.5, 0.6) is 0 Å². The Morgan fingerprint density at radius 2 is 2.00 bits per heavy atom. The summed E-state index contributed by atoms with van der Waals surface area (Å²) >= 11 is 0. The van der Waals surface area contributed by atoms with Crippen LogP contribution in [0.3, 0.4) is 0 Å². The Kier molecular flexibility index (Phi) is 3.80. The number of oxime groups is 1. The predicted molar refractivity (Wildman–Crippen MR) is 64.3 cm³/mol. The predicted octanol–water partition coefficient (Wildman–Crippen LogP) is 3.94. The van der Waals surface area contributed by atoms with Crippen LogP contribution < -0.4 is 0 Å². The molecule has 0 aliphatic heterocycles. The molecule has 2 atom stereocenters. The molecule has 1 aliphatic rings. The fourth-order valence-electron chi connectivity index (χ4n) is 2.54. The average molecular weight is 211 g/mol. The first-order chi connectivity index (χ1) is 6.89. The van der Waals surface area contributed by atoms with Crippen molar-refractivity contribution in [1.29, 1.82) is 0 Å². The van der Waals surface area contributed by atoms with Crippen molar-refractivity contribution in [3.63, 3.8) is 0 Å². The molecule has 2 nitrogen and oxygen atoms in total. The van der Waals surface area contributed by atoms with Gasteiger partial charge in [0.05, 0.1) is 5.71 Å². The third-order valence-corrected chi connectivity index (χ3v) is 4.62. The maximum atomic E-state index is 8.85. The minimum absolute atomic E-state index is 0.398. The van der Waals surface area contributed by atoms with Crippen molar-refractivity contribution in [3.8, 4) is 0 Å².